The highest BCUT2D eigenvalue weighted by Crippen LogP contribution is 2.45. The predicted molar refractivity (Wildman–Crippen MR) is 62.6 cm³/mol. The molecule has 2 aliphatic rings. The second kappa shape index (κ2) is 3.46. The maximum Gasteiger partial charge on any atom is 0.157 e. The predicted octanol–water partition coefficient (Wildman–Crippen LogP) is 0.844. The second-order valence-electron chi connectivity index (χ2n) is 4.87. The fourth-order valence-corrected chi connectivity index (χ4v) is 3.20. The van der Waals surface area contributed by atoms with Gasteiger partial charge < -0.3 is 9.84 Å². The maximum atomic E-state index is 11.0. The van der Waals surface area contributed by atoms with Gasteiger partial charge in [0.25, 0.3) is 0 Å². The van der Waals surface area contributed by atoms with Crippen molar-refractivity contribution < 1.29 is 18.3 Å². The van der Waals surface area contributed by atoms with E-state index in [1.165, 1.54) is 0 Å². The molecule has 0 atom stereocenters. The maximum absolute atomic E-state index is 11.0. The summed E-state index contributed by atoms with van der Waals surface area (Å²) >= 11 is 0. The third-order valence-corrected chi connectivity index (χ3v) is 5.06. The van der Waals surface area contributed by atoms with E-state index in [0.717, 1.165) is 18.4 Å². The SMILES string of the molecule is O=S1(=O)CC(Oc2ccc(C3(O)CC3)cc2)C1. The van der Waals surface area contributed by atoms with Crippen LogP contribution in [0.2, 0.25) is 0 Å². The van der Waals surface area contributed by atoms with Crippen molar-refractivity contribution in [2.24, 2.45) is 0 Å². The minimum Gasteiger partial charge on any atom is -0.488 e. The summed E-state index contributed by atoms with van der Waals surface area (Å²) in [5, 5.41) is 9.88. The molecule has 4 nitrogen and oxygen atoms in total. The van der Waals surface area contributed by atoms with E-state index in [9.17, 15) is 13.5 Å². The van der Waals surface area contributed by atoms with E-state index in [-0.39, 0.29) is 17.6 Å². The van der Waals surface area contributed by atoms with Gasteiger partial charge in [-0.1, -0.05) is 12.1 Å². The summed E-state index contributed by atoms with van der Waals surface area (Å²) in [6, 6.07) is 7.26. The first-order valence-electron chi connectivity index (χ1n) is 5.67. The number of aliphatic hydroxyl groups is 1. The van der Waals surface area contributed by atoms with Crippen LogP contribution in [0.4, 0.5) is 0 Å². The van der Waals surface area contributed by atoms with Crippen molar-refractivity contribution in [2.75, 3.05) is 11.5 Å². The number of sulfone groups is 1. The van der Waals surface area contributed by atoms with Gasteiger partial charge in [0.05, 0.1) is 17.1 Å². The zero-order chi connectivity index (χ0) is 12.1. The Morgan fingerprint density at radius 2 is 1.76 bits per heavy atom. The van der Waals surface area contributed by atoms with E-state index in [2.05, 4.69) is 0 Å². The summed E-state index contributed by atoms with van der Waals surface area (Å²) in [5.41, 5.74) is 0.282. The molecule has 0 unspecified atom stereocenters. The molecule has 0 amide bonds. The summed E-state index contributed by atoms with van der Waals surface area (Å²) < 4.78 is 27.4. The minimum absolute atomic E-state index is 0.110. The summed E-state index contributed by atoms with van der Waals surface area (Å²) in [5.74, 6) is 0.884. The molecule has 1 saturated carbocycles. The lowest BCUT2D eigenvalue weighted by molar-refractivity contribution is 0.151. The molecule has 0 spiro atoms. The van der Waals surface area contributed by atoms with Gasteiger partial charge in [-0.05, 0) is 30.5 Å². The zero-order valence-electron chi connectivity index (χ0n) is 9.30. The Morgan fingerprint density at radius 3 is 2.24 bits per heavy atom. The molecule has 0 bridgehead atoms. The van der Waals surface area contributed by atoms with Crippen LogP contribution in [0.5, 0.6) is 5.75 Å². The Balaban J connectivity index is 1.65. The Kier molecular flexibility index (Phi) is 2.25. The second-order valence-corrected chi connectivity index (χ2v) is 7.03. The number of hydrogen-bond donors (Lipinski definition) is 1. The molecule has 0 aromatic heterocycles. The Hall–Kier alpha value is -1.07. The van der Waals surface area contributed by atoms with E-state index in [1.54, 1.807) is 12.1 Å². The minimum atomic E-state index is -2.84. The molecular formula is C12H14O4S. The monoisotopic (exact) mass is 254 g/mol. The smallest absolute Gasteiger partial charge is 0.157 e. The van der Waals surface area contributed by atoms with Gasteiger partial charge >= 0.3 is 0 Å². The average molecular weight is 254 g/mol. The molecule has 2 fully saturated rings. The Morgan fingerprint density at radius 1 is 1.18 bits per heavy atom. The third-order valence-electron chi connectivity index (χ3n) is 3.30. The van der Waals surface area contributed by atoms with Crippen LogP contribution in [0.1, 0.15) is 18.4 Å². The van der Waals surface area contributed by atoms with Crippen molar-refractivity contribution in [2.45, 2.75) is 24.5 Å². The van der Waals surface area contributed by atoms with Crippen LogP contribution in [-0.2, 0) is 15.4 Å². The highest BCUT2D eigenvalue weighted by molar-refractivity contribution is 7.92. The summed E-state index contributed by atoms with van der Waals surface area (Å²) in [6.07, 6.45) is 1.41. The van der Waals surface area contributed by atoms with Gasteiger partial charge in [-0.2, -0.15) is 0 Å². The molecule has 5 heteroatoms. The lowest BCUT2D eigenvalue weighted by Crippen LogP contribution is -2.45. The molecule has 17 heavy (non-hydrogen) atoms. The molecule has 1 N–H and O–H groups in total. The van der Waals surface area contributed by atoms with Gasteiger partial charge in [0.2, 0.25) is 0 Å². The van der Waals surface area contributed by atoms with E-state index >= 15 is 0 Å². The molecule has 1 heterocycles. The van der Waals surface area contributed by atoms with Crippen molar-refractivity contribution in [3.63, 3.8) is 0 Å². The Labute approximate surface area is 100 Å². The zero-order valence-corrected chi connectivity index (χ0v) is 10.1. The summed E-state index contributed by atoms with van der Waals surface area (Å²) in [4.78, 5) is 0. The van der Waals surface area contributed by atoms with Crippen LogP contribution in [0.25, 0.3) is 0 Å². The van der Waals surface area contributed by atoms with Crippen molar-refractivity contribution in [1.82, 2.24) is 0 Å². The van der Waals surface area contributed by atoms with Crippen LogP contribution in [0.15, 0.2) is 24.3 Å². The topological polar surface area (TPSA) is 63.6 Å². The number of benzene rings is 1. The first-order chi connectivity index (χ1) is 7.97. The first-order valence-corrected chi connectivity index (χ1v) is 7.49. The number of hydrogen-bond acceptors (Lipinski definition) is 4. The fraction of sp³-hybridized carbons (Fsp3) is 0.500. The average Bonchev–Trinajstić information content (AvgIpc) is 2.96. The van der Waals surface area contributed by atoms with Crippen molar-refractivity contribution in [3.05, 3.63) is 29.8 Å². The van der Waals surface area contributed by atoms with Gasteiger partial charge in [0, 0.05) is 0 Å². The Bertz CT molecular complexity index is 516. The molecule has 1 aliphatic carbocycles. The van der Waals surface area contributed by atoms with Crippen molar-refractivity contribution in [3.8, 4) is 5.75 Å². The van der Waals surface area contributed by atoms with Crippen LogP contribution < -0.4 is 4.74 Å². The molecular weight excluding hydrogens is 240 g/mol. The van der Waals surface area contributed by atoms with E-state index < -0.39 is 15.4 Å². The number of ether oxygens (including phenoxy) is 1. The molecule has 1 aromatic carbocycles. The van der Waals surface area contributed by atoms with E-state index in [1.807, 2.05) is 12.1 Å². The van der Waals surface area contributed by atoms with Crippen LogP contribution >= 0.6 is 0 Å². The van der Waals surface area contributed by atoms with Gasteiger partial charge in [-0.3, -0.25) is 0 Å². The van der Waals surface area contributed by atoms with Crippen LogP contribution in [-0.4, -0.2) is 31.1 Å². The summed E-state index contributed by atoms with van der Waals surface area (Å²) in [6.45, 7) is 0. The van der Waals surface area contributed by atoms with Gasteiger partial charge in [-0.25, -0.2) is 8.42 Å². The van der Waals surface area contributed by atoms with Gasteiger partial charge in [0.1, 0.15) is 11.9 Å². The lowest BCUT2D eigenvalue weighted by atomic mass is 10.1. The molecule has 1 aliphatic heterocycles. The highest BCUT2D eigenvalue weighted by Gasteiger charge is 2.42. The lowest BCUT2D eigenvalue weighted by Gasteiger charge is -2.26. The van der Waals surface area contributed by atoms with Crippen molar-refractivity contribution >= 4 is 9.84 Å². The van der Waals surface area contributed by atoms with Crippen LogP contribution in [0, 0.1) is 0 Å². The first kappa shape index (κ1) is 11.0. The van der Waals surface area contributed by atoms with Crippen molar-refractivity contribution in [1.29, 1.82) is 0 Å². The van der Waals surface area contributed by atoms with Crippen LogP contribution in [0.3, 0.4) is 0 Å². The summed E-state index contributed by atoms with van der Waals surface area (Å²) in [7, 11) is -2.84. The molecule has 0 radical (unpaired) electrons. The van der Waals surface area contributed by atoms with Gasteiger partial charge in [0.15, 0.2) is 9.84 Å². The van der Waals surface area contributed by atoms with Gasteiger partial charge in [-0.15, -0.1) is 0 Å². The highest BCUT2D eigenvalue weighted by atomic mass is 32.2. The quantitative estimate of drug-likeness (QED) is 0.868. The fourth-order valence-electron chi connectivity index (χ4n) is 2.03. The molecule has 1 aromatic rings. The standard InChI is InChI=1S/C12H14O4S/c13-12(5-6-12)9-1-3-10(4-2-9)16-11-7-17(14,15)8-11/h1-4,11,13H,5-8H2. The van der Waals surface area contributed by atoms with E-state index in [4.69, 9.17) is 4.74 Å². The normalized spacial score (nSPS) is 25.0. The molecule has 92 valence electrons. The van der Waals surface area contributed by atoms with E-state index in [0.29, 0.717) is 5.75 Å². The largest absolute Gasteiger partial charge is 0.488 e. The third kappa shape index (κ3) is 2.17. The molecule has 3 rings (SSSR count). The number of rotatable bonds is 3. The molecule has 1 saturated heterocycles.